The first-order valence-corrected chi connectivity index (χ1v) is 8.85. The number of rotatable bonds is 4. The Bertz CT molecular complexity index is 552. The number of amides is 2. The van der Waals surface area contributed by atoms with Crippen molar-refractivity contribution in [3.8, 4) is 0 Å². The molecule has 1 fully saturated rings. The molecule has 11 heteroatoms. The van der Waals surface area contributed by atoms with Crippen molar-refractivity contribution >= 4 is 33.2 Å². The second kappa shape index (κ2) is 5.99. The molecule has 0 aliphatic carbocycles. The number of hydrazone groups is 1. The molecule has 0 aromatic rings. The summed E-state index contributed by atoms with van der Waals surface area (Å²) >= 11 is 1.11. The van der Waals surface area contributed by atoms with Gasteiger partial charge in [-0.25, -0.2) is 9.69 Å². The molecule has 21 heavy (non-hydrogen) atoms. The molecule has 2 amide bonds. The van der Waals surface area contributed by atoms with E-state index < -0.39 is 22.5 Å². The lowest BCUT2D eigenvalue weighted by molar-refractivity contribution is 0.105. The Labute approximate surface area is 128 Å². The third kappa shape index (κ3) is 2.96. The Morgan fingerprint density at radius 3 is 2.71 bits per heavy atom. The third-order valence-corrected chi connectivity index (χ3v) is 5.96. The molecule has 0 aromatic heterocycles. The number of carbonyl (C=O) groups is 1. The maximum absolute atomic E-state index is 12.3. The second-order valence-electron chi connectivity index (χ2n) is 4.82. The Balaban J connectivity index is 2.18. The average molecular weight is 337 g/mol. The first-order valence-electron chi connectivity index (χ1n) is 6.46. The van der Waals surface area contributed by atoms with Gasteiger partial charge in [0.25, 0.3) is 0 Å². The minimum Gasteiger partial charge on any atom is -0.371 e. The van der Waals surface area contributed by atoms with Crippen molar-refractivity contribution in [2.45, 2.75) is 19.6 Å². The number of urea groups is 1. The number of carbonyl (C=O) groups excluding carboxylic acids is 1. The summed E-state index contributed by atoms with van der Waals surface area (Å²) in [7, 11) is -0.635. The number of thioether (sulfide) groups is 1. The predicted molar refractivity (Wildman–Crippen MR) is 79.4 cm³/mol. The summed E-state index contributed by atoms with van der Waals surface area (Å²) in [4.78, 5) is 14.4. The van der Waals surface area contributed by atoms with Crippen LogP contribution in [0.5, 0.6) is 0 Å². The highest BCUT2D eigenvalue weighted by molar-refractivity contribution is 8.14. The highest BCUT2D eigenvalue weighted by Crippen LogP contribution is 2.27. The van der Waals surface area contributed by atoms with Gasteiger partial charge in [-0.05, 0) is 6.42 Å². The summed E-state index contributed by atoms with van der Waals surface area (Å²) in [6, 6.07) is -0.394. The van der Waals surface area contributed by atoms with Gasteiger partial charge >= 0.3 is 16.2 Å². The molecule has 2 heterocycles. The standard InChI is InChI=1S/C10H19N5O4S2/c1-4-5-13(3)21(18,19)14-7-20-9(11-14)15-8(16)6-12(2)10(15)17/h8,16H,4-7H2,1-3H3. The summed E-state index contributed by atoms with van der Waals surface area (Å²) in [5.74, 6) is 0.0892. The normalized spacial score (nSPS) is 23.5. The van der Waals surface area contributed by atoms with Crippen molar-refractivity contribution in [2.75, 3.05) is 33.1 Å². The largest absolute Gasteiger partial charge is 0.371 e. The highest BCUT2D eigenvalue weighted by Gasteiger charge is 2.41. The molecule has 0 bridgehead atoms. The zero-order valence-corrected chi connectivity index (χ0v) is 13.8. The van der Waals surface area contributed by atoms with Crippen LogP contribution >= 0.6 is 11.8 Å². The SMILES string of the molecule is CCCN(C)S(=O)(=O)N1CSC(N2C(=O)N(C)CC2O)=N1. The number of β-amino-alcohol motifs (C(OH)–C–C–N with tert-alkyl or cyclic N) is 1. The van der Waals surface area contributed by atoms with Crippen LogP contribution in [0.4, 0.5) is 4.79 Å². The van der Waals surface area contributed by atoms with Crippen molar-refractivity contribution in [1.29, 1.82) is 0 Å². The van der Waals surface area contributed by atoms with Crippen LogP contribution in [0, 0.1) is 0 Å². The van der Waals surface area contributed by atoms with Crippen LogP contribution in [0.2, 0.25) is 0 Å². The van der Waals surface area contributed by atoms with Crippen molar-refractivity contribution in [3.05, 3.63) is 0 Å². The number of aliphatic hydroxyl groups is 1. The molecule has 120 valence electrons. The van der Waals surface area contributed by atoms with E-state index in [0.29, 0.717) is 13.0 Å². The first-order chi connectivity index (χ1) is 9.78. The molecule has 1 atom stereocenters. The minimum absolute atomic E-state index is 0.0892. The lowest BCUT2D eigenvalue weighted by Gasteiger charge is -2.21. The quantitative estimate of drug-likeness (QED) is 0.748. The van der Waals surface area contributed by atoms with E-state index in [2.05, 4.69) is 5.10 Å². The summed E-state index contributed by atoms with van der Waals surface area (Å²) < 4.78 is 26.7. The van der Waals surface area contributed by atoms with Crippen LogP contribution in [0.25, 0.3) is 0 Å². The number of amidine groups is 1. The lowest BCUT2D eigenvalue weighted by Crippen LogP contribution is -2.39. The van der Waals surface area contributed by atoms with Gasteiger partial charge in [0.1, 0.15) is 5.88 Å². The van der Waals surface area contributed by atoms with E-state index in [1.54, 1.807) is 7.05 Å². The van der Waals surface area contributed by atoms with E-state index in [4.69, 9.17) is 0 Å². The molecule has 2 rings (SSSR count). The average Bonchev–Trinajstić information content (AvgIpc) is 2.97. The summed E-state index contributed by atoms with van der Waals surface area (Å²) in [6.07, 6.45) is -0.314. The van der Waals surface area contributed by atoms with E-state index >= 15 is 0 Å². The number of aliphatic hydroxyl groups excluding tert-OH is 1. The van der Waals surface area contributed by atoms with E-state index in [1.165, 1.54) is 16.3 Å². The van der Waals surface area contributed by atoms with Gasteiger partial charge in [-0.15, -0.1) is 5.10 Å². The van der Waals surface area contributed by atoms with E-state index in [-0.39, 0.29) is 17.6 Å². The van der Waals surface area contributed by atoms with Crippen LogP contribution in [0.15, 0.2) is 5.10 Å². The molecule has 1 N–H and O–H groups in total. The predicted octanol–water partition coefficient (Wildman–Crippen LogP) is -0.464. The molecule has 0 radical (unpaired) electrons. The molecule has 1 saturated heterocycles. The lowest BCUT2D eigenvalue weighted by atomic mass is 10.5. The fourth-order valence-electron chi connectivity index (χ4n) is 2.02. The molecule has 9 nitrogen and oxygen atoms in total. The fraction of sp³-hybridized carbons (Fsp3) is 0.800. The number of hydrogen-bond acceptors (Lipinski definition) is 6. The van der Waals surface area contributed by atoms with Gasteiger partial charge in [-0.1, -0.05) is 18.7 Å². The maximum Gasteiger partial charge on any atom is 0.328 e. The highest BCUT2D eigenvalue weighted by atomic mass is 32.2. The molecule has 2 aliphatic rings. The van der Waals surface area contributed by atoms with Gasteiger partial charge < -0.3 is 10.0 Å². The van der Waals surface area contributed by atoms with Crippen molar-refractivity contribution < 1.29 is 18.3 Å². The summed E-state index contributed by atoms with van der Waals surface area (Å²) in [5.41, 5.74) is 0. The molecule has 1 unspecified atom stereocenters. The molecule has 0 aromatic carbocycles. The Hall–Kier alpha value is -1.04. The zero-order chi connectivity index (χ0) is 15.8. The Morgan fingerprint density at radius 2 is 2.19 bits per heavy atom. The molecule has 0 saturated carbocycles. The van der Waals surface area contributed by atoms with E-state index in [0.717, 1.165) is 21.1 Å². The van der Waals surface area contributed by atoms with Gasteiger partial charge in [-0.3, -0.25) is 0 Å². The second-order valence-corrected chi connectivity index (χ2v) is 7.67. The van der Waals surface area contributed by atoms with Gasteiger partial charge in [-0.2, -0.15) is 17.1 Å². The number of nitrogens with zero attached hydrogens (tertiary/aromatic N) is 5. The van der Waals surface area contributed by atoms with Crippen molar-refractivity contribution in [2.24, 2.45) is 5.10 Å². The number of hydrogen-bond donors (Lipinski definition) is 1. The molecule has 0 spiro atoms. The summed E-state index contributed by atoms with van der Waals surface area (Å²) in [5, 5.41) is 14.0. The van der Waals surface area contributed by atoms with Gasteiger partial charge in [0.2, 0.25) is 0 Å². The van der Waals surface area contributed by atoms with Gasteiger partial charge in [0.15, 0.2) is 11.4 Å². The molecule has 2 aliphatic heterocycles. The topological polar surface area (TPSA) is 96.8 Å². The first kappa shape index (κ1) is 16.3. The fourth-order valence-corrected chi connectivity index (χ4v) is 4.46. The Morgan fingerprint density at radius 1 is 1.52 bits per heavy atom. The Kier molecular flexibility index (Phi) is 4.66. The van der Waals surface area contributed by atoms with Gasteiger partial charge in [0.05, 0.1) is 6.54 Å². The zero-order valence-electron chi connectivity index (χ0n) is 12.1. The van der Waals surface area contributed by atoms with Crippen molar-refractivity contribution in [1.82, 2.24) is 18.5 Å². The van der Waals surface area contributed by atoms with Crippen LogP contribution in [0.1, 0.15) is 13.3 Å². The maximum atomic E-state index is 12.3. The minimum atomic E-state index is -3.69. The van der Waals surface area contributed by atoms with Crippen molar-refractivity contribution in [3.63, 3.8) is 0 Å². The smallest absolute Gasteiger partial charge is 0.328 e. The van der Waals surface area contributed by atoms with E-state index in [1.807, 2.05) is 6.92 Å². The molecular formula is C10H19N5O4S2. The molecular weight excluding hydrogens is 318 g/mol. The monoisotopic (exact) mass is 337 g/mol. The summed E-state index contributed by atoms with van der Waals surface area (Å²) in [6.45, 7) is 2.44. The van der Waals surface area contributed by atoms with Crippen LogP contribution in [-0.2, 0) is 10.2 Å². The van der Waals surface area contributed by atoms with Crippen LogP contribution in [-0.4, -0.2) is 82.5 Å². The van der Waals surface area contributed by atoms with Crippen LogP contribution in [0.3, 0.4) is 0 Å². The van der Waals surface area contributed by atoms with Gasteiger partial charge in [0, 0.05) is 20.6 Å². The third-order valence-electron chi connectivity index (χ3n) is 3.17. The van der Waals surface area contributed by atoms with E-state index in [9.17, 15) is 18.3 Å². The van der Waals surface area contributed by atoms with Crippen LogP contribution < -0.4 is 0 Å². The number of likely N-dealkylation sites (N-methyl/N-ethyl adjacent to an activating group) is 1.